The van der Waals surface area contributed by atoms with Crippen molar-refractivity contribution in [1.82, 2.24) is 0 Å². The molecule has 0 unspecified atom stereocenters. The van der Waals surface area contributed by atoms with Gasteiger partial charge < -0.3 is 0 Å². The lowest BCUT2D eigenvalue weighted by Crippen LogP contribution is -1.91. The van der Waals surface area contributed by atoms with Crippen LogP contribution in [0.1, 0.15) is 6.85 Å². The van der Waals surface area contributed by atoms with Crippen molar-refractivity contribution in [2.75, 3.05) is 0 Å². The predicted molar refractivity (Wildman–Crippen MR) is 147 cm³/mol. The number of rotatable bonds is 2. The Morgan fingerprint density at radius 3 is 1.62 bits per heavy atom. The molecule has 0 nitrogen and oxygen atoms in total. The molecular weight excluding hydrogens is 408 g/mol. The lowest BCUT2D eigenvalue weighted by atomic mass is 9.84. The van der Waals surface area contributed by atoms with Crippen molar-refractivity contribution in [3.8, 4) is 22.3 Å². The monoisotopic (exact) mass is 435 g/mol. The van der Waals surface area contributed by atoms with Gasteiger partial charge in [0.25, 0.3) is 0 Å². The molecule has 0 heterocycles. The highest BCUT2D eigenvalue weighted by Crippen LogP contribution is 2.45. The summed E-state index contributed by atoms with van der Waals surface area (Å²) in [6, 6.07) is 33.7. The van der Waals surface area contributed by atoms with Gasteiger partial charge in [0.05, 0.1) is 6.85 Å². The van der Waals surface area contributed by atoms with Crippen molar-refractivity contribution < 1.29 is 6.85 Å². The molecule has 0 saturated heterocycles. The van der Waals surface area contributed by atoms with Crippen molar-refractivity contribution in [3.63, 3.8) is 0 Å². The van der Waals surface area contributed by atoms with E-state index in [2.05, 4.69) is 66.7 Å². The summed E-state index contributed by atoms with van der Waals surface area (Å²) in [6.07, 6.45) is 0. The highest BCUT2D eigenvalue weighted by molar-refractivity contribution is 6.24. The average molecular weight is 436 g/mol. The topological polar surface area (TPSA) is 0 Å². The average Bonchev–Trinajstić information content (AvgIpc) is 2.98. The highest BCUT2D eigenvalue weighted by Gasteiger charge is 2.17. The summed E-state index contributed by atoms with van der Waals surface area (Å²) in [5, 5.41) is 8.34. The third kappa shape index (κ3) is 2.79. The fraction of sp³-hybridized carbons (Fsp3) is 0. The zero-order valence-electron chi connectivity index (χ0n) is 23.3. The Labute approximate surface area is 205 Å². The maximum atomic E-state index is 8.75. The molecule has 0 aromatic heterocycles. The molecule has 0 aliphatic carbocycles. The molecule has 0 radical (unpaired) electrons. The van der Waals surface area contributed by atoms with Crippen LogP contribution in [0.4, 0.5) is 0 Å². The van der Waals surface area contributed by atoms with Crippen LogP contribution < -0.4 is 0 Å². The minimum absolute atomic E-state index is 0.194. The molecule has 0 N–H and O–H groups in total. The Bertz CT molecular complexity index is 2040. The molecule has 7 rings (SSSR count). The van der Waals surface area contributed by atoms with Gasteiger partial charge in [0.15, 0.2) is 0 Å². The van der Waals surface area contributed by atoms with Crippen molar-refractivity contribution in [1.29, 1.82) is 0 Å². The Hall–Kier alpha value is -4.42. The van der Waals surface area contributed by atoms with E-state index in [1.54, 1.807) is 0 Å². The summed E-state index contributed by atoms with van der Waals surface area (Å²) < 4.78 is 42.3. The quantitative estimate of drug-likeness (QED) is 0.187. The summed E-state index contributed by atoms with van der Waals surface area (Å²) in [5.74, 6) is 0. The van der Waals surface area contributed by atoms with E-state index in [0.717, 1.165) is 38.1 Å². The van der Waals surface area contributed by atoms with E-state index in [1.165, 1.54) is 16.2 Å². The van der Waals surface area contributed by atoms with Crippen molar-refractivity contribution in [3.05, 3.63) is 133 Å². The number of hydrogen-bond acceptors (Lipinski definition) is 0. The lowest BCUT2D eigenvalue weighted by Gasteiger charge is -2.19. The molecule has 34 heavy (non-hydrogen) atoms. The van der Waals surface area contributed by atoms with Crippen molar-refractivity contribution in [2.24, 2.45) is 0 Å². The first-order valence-electron chi connectivity index (χ1n) is 13.9. The lowest BCUT2D eigenvalue weighted by molar-refractivity contribution is 1.66. The third-order valence-corrected chi connectivity index (χ3v) is 6.74. The summed E-state index contributed by atoms with van der Waals surface area (Å²) in [5.41, 5.74) is 3.05. The van der Waals surface area contributed by atoms with Gasteiger partial charge in [-0.15, -0.1) is 0 Å². The van der Waals surface area contributed by atoms with Crippen LogP contribution in [-0.4, -0.2) is 0 Å². The van der Waals surface area contributed by atoms with E-state index in [-0.39, 0.29) is 35.8 Å². The number of fused-ring (bicyclic) bond motifs is 5. The SMILES string of the molecule is [2H]c1c([2H])c([2H])c(-c2c3ccccc3c(-c3cccc4c3ccc3ccccc34)c3ccccc23)c([2H])c1[2H]. The van der Waals surface area contributed by atoms with Crippen LogP contribution >= 0.6 is 0 Å². The smallest absolute Gasteiger partial charge is 0.0622 e. The number of benzene rings is 7. The molecule has 158 valence electrons. The minimum Gasteiger partial charge on any atom is -0.0622 e. The second-order valence-electron chi connectivity index (χ2n) is 8.53. The molecule has 0 saturated carbocycles. The summed E-state index contributed by atoms with van der Waals surface area (Å²) in [6.45, 7) is 0. The van der Waals surface area contributed by atoms with E-state index < -0.39 is 0 Å². The molecule has 0 heteroatoms. The molecule has 0 atom stereocenters. The van der Waals surface area contributed by atoms with E-state index in [9.17, 15) is 0 Å². The molecule has 0 spiro atoms. The second-order valence-corrected chi connectivity index (χ2v) is 8.53. The van der Waals surface area contributed by atoms with Crippen molar-refractivity contribution in [2.45, 2.75) is 0 Å². The zero-order valence-corrected chi connectivity index (χ0v) is 18.3. The first kappa shape index (κ1) is 14.7. The van der Waals surface area contributed by atoms with Crippen LogP contribution in [0.5, 0.6) is 0 Å². The summed E-state index contributed by atoms with van der Waals surface area (Å²) in [4.78, 5) is 0. The van der Waals surface area contributed by atoms with E-state index in [1.807, 2.05) is 36.4 Å². The molecule has 0 aliphatic heterocycles. The first-order valence-corrected chi connectivity index (χ1v) is 11.4. The van der Waals surface area contributed by atoms with Gasteiger partial charge in [-0.1, -0.05) is 133 Å². The molecule has 0 bridgehead atoms. The Morgan fingerprint density at radius 1 is 0.382 bits per heavy atom. The Balaban J connectivity index is 1.68. The largest absolute Gasteiger partial charge is 0.0629 e. The van der Waals surface area contributed by atoms with Gasteiger partial charge in [-0.05, 0) is 65.3 Å². The maximum absolute atomic E-state index is 8.75. The molecule has 0 aliphatic rings. The van der Waals surface area contributed by atoms with Crippen LogP contribution in [-0.2, 0) is 0 Å². The molecule has 7 aromatic carbocycles. The van der Waals surface area contributed by atoms with Gasteiger partial charge >= 0.3 is 0 Å². The van der Waals surface area contributed by atoms with Crippen LogP contribution in [0.25, 0.3) is 65.3 Å². The van der Waals surface area contributed by atoms with Crippen LogP contribution in [0, 0.1) is 0 Å². The van der Waals surface area contributed by atoms with Gasteiger partial charge in [0.1, 0.15) is 0 Å². The van der Waals surface area contributed by atoms with Gasteiger partial charge in [0.2, 0.25) is 0 Å². The second kappa shape index (κ2) is 7.57. The van der Waals surface area contributed by atoms with Crippen molar-refractivity contribution >= 4 is 43.1 Å². The Kier molecular flexibility index (Phi) is 3.27. The third-order valence-electron chi connectivity index (χ3n) is 6.74. The van der Waals surface area contributed by atoms with E-state index in [4.69, 9.17) is 6.85 Å². The van der Waals surface area contributed by atoms with Gasteiger partial charge in [-0.25, -0.2) is 0 Å². The Morgan fingerprint density at radius 2 is 0.941 bits per heavy atom. The highest BCUT2D eigenvalue weighted by atomic mass is 14.2. The van der Waals surface area contributed by atoms with Gasteiger partial charge in [-0.2, -0.15) is 0 Å². The number of hydrogen-bond donors (Lipinski definition) is 0. The zero-order chi connectivity index (χ0) is 26.8. The van der Waals surface area contributed by atoms with E-state index >= 15 is 0 Å². The molecular formula is C34H22. The van der Waals surface area contributed by atoms with Crippen LogP contribution in [0.2, 0.25) is 0 Å². The van der Waals surface area contributed by atoms with E-state index in [0.29, 0.717) is 5.56 Å². The predicted octanol–water partition coefficient (Wildman–Crippen LogP) is 9.63. The fourth-order valence-electron chi connectivity index (χ4n) is 5.32. The molecule has 0 fully saturated rings. The van der Waals surface area contributed by atoms with Crippen LogP contribution in [0.3, 0.4) is 0 Å². The fourth-order valence-corrected chi connectivity index (χ4v) is 5.32. The van der Waals surface area contributed by atoms with Gasteiger partial charge in [-0.3, -0.25) is 0 Å². The standard InChI is InChI=1S/C34H22/c1-2-12-24(13-3-1)33-29-15-6-8-17-31(29)34(32-18-9-7-16-30(32)33)28-20-10-19-26-25-14-5-4-11-23(25)21-22-27(26)28/h1-22H/i1D,2D,3D,12D,13D. The summed E-state index contributed by atoms with van der Waals surface area (Å²) in [7, 11) is 0. The normalized spacial score (nSPS) is 13.6. The first-order chi connectivity index (χ1) is 19.0. The minimum atomic E-state index is -0.387. The van der Waals surface area contributed by atoms with Gasteiger partial charge in [0, 0.05) is 0 Å². The molecule has 7 aromatic rings. The van der Waals surface area contributed by atoms with Crippen LogP contribution in [0.15, 0.2) is 133 Å². The maximum Gasteiger partial charge on any atom is 0.0629 e. The summed E-state index contributed by atoms with van der Waals surface area (Å²) >= 11 is 0. The molecule has 0 amide bonds.